The van der Waals surface area contributed by atoms with E-state index >= 15 is 0 Å². The van der Waals surface area contributed by atoms with Crippen molar-refractivity contribution in [1.82, 2.24) is 9.91 Å². The molecule has 1 saturated heterocycles. The molecular formula is C16H30ClN3O8. The number of carbonyl (C=O) groups is 1. The van der Waals surface area contributed by atoms with Gasteiger partial charge in [0.25, 0.3) is 0 Å². The Labute approximate surface area is 168 Å². The number of nitrogens with zero attached hydrogens (tertiary/aromatic N) is 3. The zero-order chi connectivity index (χ0) is 21.5. The second-order valence-electron chi connectivity index (χ2n) is 7.11. The molecule has 0 bridgehead atoms. The molecule has 0 aromatic heterocycles. The Morgan fingerprint density at radius 2 is 2.00 bits per heavy atom. The number of carbonyl (C=O) groups excluding carboxylic acids is 1. The van der Waals surface area contributed by atoms with E-state index in [1.165, 1.54) is 7.11 Å². The predicted molar refractivity (Wildman–Crippen MR) is 99.1 cm³/mol. The van der Waals surface area contributed by atoms with Gasteiger partial charge in [0.15, 0.2) is 0 Å². The first kappa shape index (κ1) is 25.0. The van der Waals surface area contributed by atoms with Gasteiger partial charge in [-0.3, -0.25) is 4.90 Å². The molecule has 164 valence electrons. The van der Waals surface area contributed by atoms with Crippen LogP contribution >= 0.6 is 11.6 Å². The first-order valence-corrected chi connectivity index (χ1v) is 9.54. The van der Waals surface area contributed by atoms with Crippen molar-refractivity contribution < 1.29 is 34.7 Å². The van der Waals surface area contributed by atoms with Crippen LogP contribution in [0.1, 0.15) is 26.7 Å². The summed E-state index contributed by atoms with van der Waals surface area (Å²) in [5.41, 5.74) is -2.75. The lowest BCUT2D eigenvalue weighted by Gasteiger charge is -2.55. The van der Waals surface area contributed by atoms with E-state index in [2.05, 4.69) is 5.29 Å². The lowest BCUT2D eigenvalue weighted by atomic mass is 9.83. The van der Waals surface area contributed by atoms with Gasteiger partial charge in [-0.05, 0) is 12.3 Å². The number of nitroso groups, excluding NO2 is 1. The summed E-state index contributed by atoms with van der Waals surface area (Å²) in [6.45, 7) is 2.72. The Bertz CT molecular complexity index is 528. The second-order valence-corrected chi connectivity index (χ2v) is 7.48. The van der Waals surface area contributed by atoms with Crippen LogP contribution in [0, 0.1) is 10.8 Å². The fourth-order valence-corrected chi connectivity index (χ4v) is 3.38. The molecule has 0 unspecified atom stereocenters. The van der Waals surface area contributed by atoms with Crippen LogP contribution in [0.15, 0.2) is 5.29 Å². The maximum atomic E-state index is 12.9. The smallest absolute Gasteiger partial charge is 0.345 e. The van der Waals surface area contributed by atoms with E-state index in [4.69, 9.17) is 21.1 Å². The van der Waals surface area contributed by atoms with Crippen molar-refractivity contribution in [3.63, 3.8) is 0 Å². The highest BCUT2D eigenvalue weighted by atomic mass is 35.5. The van der Waals surface area contributed by atoms with Crippen LogP contribution in [0.5, 0.6) is 0 Å². The average Bonchev–Trinajstić information content (AvgIpc) is 2.64. The monoisotopic (exact) mass is 427 g/mol. The zero-order valence-corrected chi connectivity index (χ0v) is 17.1. The van der Waals surface area contributed by atoms with E-state index < -0.39 is 36.4 Å². The molecule has 4 atom stereocenters. The molecule has 1 fully saturated rings. The van der Waals surface area contributed by atoms with Gasteiger partial charge in [-0.2, -0.15) is 5.01 Å². The van der Waals surface area contributed by atoms with Gasteiger partial charge < -0.3 is 29.9 Å². The van der Waals surface area contributed by atoms with Crippen molar-refractivity contribution in [2.24, 2.45) is 11.2 Å². The highest BCUT2D eigenvalue weighted by Gasteiger charge is 2.65. The third-order valence-electron chi connectivity index (χ3n) is 4.52. The number of alkyl halides is 1. The number of rotatable bonds is 10. The molecule has 1 rings (SSSR count). The maximum absolute atomic E-state index is 12.9. The van der Waals surface area contributed by atoms with E-state index in [1.54, 1.807) is 13.8 Å². The molecule has 1 aliphatic rings. The number of hydrogen-bond acceptors (Lipinski definition) is 9. The number of hydrogen-bond donors (Lipinski definition) is 4. The van der Waals surface area contributed by atoms with Crippen molar-refractivity contribution in [2.75, 3.05) is 39.3 Å². The average molecular weight is 428 g/mol. The normalized spacial score (nSPS) is 30.3. The van der Waals surface area contributed by atoms with Crippen LogP contribution < -0.4 is 0 Å². The molecule has 2 amide bonds. The zero-order valence-electron chi connectivity index (χ0n) is 16.3. The molecule has 0 aromatic carbocycles. The maximum Gasteiger partial charge on any atom is 0.345 e. The van der Waals surface area contributed by atoms with Gasteiger partial charge in [0, 0.05) is 32.6 Å². The van der Waals surface area contributed by atoms with Gasteiger partial charge in [0.1, 0.15) is 12.2 Å². The number of halogens is 1. The van der Waals surface area contributed by atoms with Gasteiger partial charge in [0.05, 0.1) is 18.4 Å². The molecule has 12 heteroatoms. The number of aliphatic hydroxyl groups excluding tert-OH is 2. The van der Waals surface area contributed by atoms with E-state index in [0.29, 0.717) is 9.91 Å². The highest BCUT2D eigenvalue weighted by Crippen LogP contribution is 2.41. The molecule has 0 saturated carbocycles. The highest BCUT2D eigenvalue weighted by molar-refractivity contribution is 6.18. The first-order valence-electron chi connectivity index (χ1n) is 9.01. The van der Waals surface area contributed by atoms with Gasteiger partial charge in [-0.1, -0.05) is 13.8 Å². The molecule has 28 heavy (non-hydrogen) atoms. The minimum absolute atomic E-state index is 0.111. The fraction of sp³-hybridized carbons (Fsp3) is 0.938. The van der Waals surface area contributed by atoms with Crippen LogP contribution in [0.2, 0.25) is 0 Å². The number of amides is 2. The number of aliphatic hydroxyl groups is 4. The first-order chi connectivity index (χ1) is 13.1. The standard InChI is InChI=1S/C16H30ClN3O8/c1-11(2)9-15(24)16(25,13(22)12(21)10-28-15)19(6-4-8-27-3)14(23)20(18-26)7-5-17/h11-13,21-22,24-25H,4-10H2,1-3H3/t12-,13-,15+,16+/m1/s1. The lowest BCUT2D eigenvalue weighted by molar-refractivity contribution is -0.402. The molecule has 0 aromatic rings. The van der Waals surface area contributed by atoms with Crippen LogP contribution in [0.4, 0.5) is 4.79 Å². The molecule has 0 radical (unpaired) electrons. The quantitative estimate of drug-likeness (QED) is 0.123. The molecule has 11 nitrogen and oxygen atoms in total. The summed E-state index contributed by atoms with van der Waals surface area (Å²) in [4.78, 5) is 24.7. The van der Waals surface area contributed by atoms with Gasteiger partial charge >= 0.3 is 6.03 Å². The van der Waals surface area contributed by atoms with Crippen molar-refractivity contribution in [2.45, 2.75) is 50.4 Å². The van der Waals surface area contributed by atoms with Crippen LogP contribution in [0.3, 0.4) is 0 Å². The molecule has 0 aliphatic carbocycles. The SMILES string of the molecule is COCCCN(C(=O)N(CCCl)N=O)[C@]1(O)[C@H](O)[C@H](O)CO[C@@]1(O)CC(C)C. The molecule has 4 N–H and O–H groups in total. The van der Waals surface area contributed by atoms with Crippen molar-refractivity contribution in [1.29, 1.82) is 0 Å². The summed E-state index contributed by atoms with van der Waals surface area (Å²) in [5, 5.41) is 46.2. The van der Waals surface area contributed by atoms with E-state index in [9.17, 15) is 30.1 Å². The molecule has 0 spiro atoms. The third-order valence-corrected chi connectivity index (χ3v) is 4.69. The van der Waals surface area contributed by atoms with E-state index in [0.717, 1.165) is 0 Å². The summed E-state index contributed by atoms with van der Waals surface area (Å²) in [6.07, 6.45) is -3.52. The molecule has 1 heterocycles. The van der Waals surface area contributed by atoms with Crippen LogP contribution in [-0.2, 0) is 9.47 Å². The Morgan fingerprint density at radius 1 is 1.36 bits per heavy atom. The summed E-state index contributed by atoms with van der Waals surface area (Å²) in [6, 6.07) is -1.10. The van der Waals surface area contributed by atoms with E-state index in [1.807, 2.05) is 0 Å². The summed E-state index contributed by atoms with van der Waals surface area (Å²) in [5.74, 6) is -2.73. The predicted octanol–water partition coefficient (Wildman–Crippen LogP) is -0.158. The Balaban J connectivity index is 3.43. The van der Waals surface area contributed by atoms with Gasteiger partial charge in [-0.25, -0.2) is 4.79 Å². The minimum Gasteiger partial charge on any atom is -0.388 e. The summed E-state index contributed by atoms with van der Waals surface area (Å²) >= 11 is 5.59. The third kappa shape index (κ3) is 5.09. The van der Waals surface area contributed by atoms with Crippen LogP contribution in [-0.4, -0.2) is 99.4 Å². The number of ether oxygens (including phenoxy) is 2. The van der Waals surface area contributed by atoms with Crippen molar-refractivity contribution >= 4 is 17.6 Å². The molecular weight excluding hydrogens is 398 g/mol. The van der Waals surface area contributed by atoms with Crippen molar-refractivity contribution in [3.8, 4) is 0 Å². The van der Waals surface area contributed by atoms with Gasteiger partial charge in [0.2, 0.25) is 11.5 Å². The molecule has 1 aliphatic heterocycles. The van der Waals surface area contributed by atoms with Crippen molar-refractivity contribution in [3.05, 3.63) is 4.91 Å². The second kappa shape index (κ2) is 10.6. The largest absolute Gasteiger partial charge is 0.388 e. The summed E-state index contributed by atoms with van der Waals surface area (Å²) < 4.78 is 10.2. The Kier molecular flexibility index (Phi) is 9.47. The van der Waals surface area contributed by atoms with Gasteiger partial charge in [-0.15, -0.1) is 16.5 Å². The Hall–Kier alpha value is -1.08. The number of urea groups is 1. The topological polar surface area (TPSA) is 152 Å². The van der Waals surface area contributed by atoms with Crippen LogP contribution in [0.25, 0.3) is 0 Å². The lowest BCUT2D eigenvalue weighted by Crippen LogP contribution is -2.78. The number of methoxy groups -OCH3 is 1. The summed E-state index contributed by atoms with van der Waals surface area (Å²) in [7, 11) is 1.44. The van der Waals surface area contributed by atoms with E-state index in [-0.39, 0.29) is 44.3 Å². The Morgan fingerprint density at radius 3 is 2.50 bits per heavy atom. The minimum atomic E-state index is -2.75. The fourth-order valence-electron chi connectivity index (χ4n) is 3.22.